The van der Waals surface area contributed by atoms with Gasteiger partial charge in [-0.15, -0.1) is 0 Å². The van der Waals surface area contributed by atoms with E-state index in [0.717, 1.165) is 10.6 Å². The van der Waals surface area contributed by atoms with Gasteiger partial charge in [-0.2, -0.15) is 26.3 Å². The molecule has 1 unspecified atom stereocenters. The number of carbonyl (C=O) groups is 2. The fourth-order valence-electron chi connectivity index (χ4n) is 4.04. The van der Waals surface area contributed by atoms with Crippen molar-refractivity contribution in [3.63, 3.8) is 0 Å². The predicted molar refractivity (Wildman–Crippen MR) is 138 cm³/mol. The lowest BCUT2D eigenvalue weighted by molar-refractivity contribution is -0.143. The molecule has 1 aromatic heterocycles. The number of nitrogens with zero attached hydrogens (tertiary/aromatic N) is 2. The summed E-state index contributed by atoms with van der Waals surface area (Å²) in [5.74, 6) is -1.36. The molecular weight excluding hydrogens is 560 g/mol. The normalized spacial score (nSPS) is 12.6. The van der Waals surface area contributed by atoms with E-state index in [1.807, 2.05) is 12.1 Å². The Balaban J connectivity index is 1.79. The van der Waals surface area contributed by atoms with E-state index in [4.69, 9.17) is 11.6 Å². The molecule has 0 aliphatic carbocycles. The standard InChI is InChI=1S/C28H26ClF6N3O2/c1-38(26(40)19-15-20(27(30,31)32)17-21(16-19)28(33,34)35)24(14-18-5-7-22(29)8-6-18)9-10-25(39)37-13-11-23-4-2-3-12-36-23/h2-8,12,15-17,24H,9-11,13-14H2,1H3,(H,37,39). The number of hydrogen-bond donors (Lipinski definition) is 1. The largest absolute Gasteiger partial charge is 0.416 e. The molecule has 40 heavy (non-hydrogen) atoms. The summed E-state index contributed by atoms with van der Waals surface area (Å²) in [6.45, 7) is 0.316. The Labute approximate surface area is 232 Å². The van der Waals surface area contributed by atoms with Crippen LogP contribution in [0.3, 0.4) is 0 Å². The van der Waals surface area contributed by atoms with Crippen LogP contribution in [-0.2, 0) is 30.0 Å². The van der Waals surface area contributed by atoms with Crippen molar-refractivity contribution in [2.75, 3.05) is 13.6 Å². The van der Waals surface area contributed by atoms with E-state index in [1.165, 1.54) is 7.05 Å². The molecule has 2 aromatic carbocycles. The molecule has 0 aliphatic rings. The SMILES string of the molecule is CN(C(=O)c1cc(C(F)(F)F)cc(C(F)(F)F)c1)C(CCC(=O)NCCc1ccccn1)Cc1ccc(Cl)cc1. The molecule has 214 valence electrons. The first-order valence-electron chi connectivity index (χ1n) is 12.2. The fraction of sp³-hybridized carbons (Fsp3) is 0.321. The minimum Gasteiger partial charge on any atom is -0.356 e. The molecule has 0 fully saturated rings. The highest BCUT2D eigenvalue weighted by molar-refractivity contribution is 6.30. The molecule has 0 saturated heterocycles. The second-order valence-corrected chi connectivity index (χ2v) is 9.59. The Hall–Kier alpha value is -3.60. The van der Waals surface area contributed by atoms with Crippen LogP contribution in [-0.4, -0.2) is 41.3 Å². The molecule has 0 radical (unpaired) electrons. The topological polar surface area (TPSA) is 62.3 Å². The van der Waals surface area contributed by atoms with E-state index in [9.17, 15) is 35.9 Å². The number of carbonyl (C=O) groups excluding carboxylic acids is 2. The van der Waals surface area contributed by atoms with Crippen molar-refractivity contribution < 1.29 is 35.9 Å². The Morgan fingerprint density at radius 3 is 2.12 bits per heavy atom. The summed E-state index contributed by atoms with van der Waals surface area (Å²) < 4.78 is 80.1. The summed E-state index contributed by atoms with van der Waals surface area (Å²) in [7, 11) is 1.29. The van der Waals surface area contributed by atoms with E-state index in [2.05, 4.69) is 10.3 Å². The van der Waals surface area contributed by atoms with Gasteiger partial charge in [0.05, 0.1) is 11.1 Å². The van der Waals surface area contributed by atoms with Crippen LogP contribution in [0, 0.1) is 0 Å². The van der Waals surface area contributed by atoms with Gasteiger partial charge in [0.1, 0.15) is 0 Å². The van der Waals surface area contributed by atoms with Crippen LogP contribution in [0.1, 0.15) is 45.6 Å². The third-order valence-electron chi connectivity index (χ3n) is 6.22. The van der Waals surface area contributed by atoms with Gasteiger partial charge in [0, 0.05) is 55.0 Å². The zero-order valence-electron chi connectivity index (χ0n) is 21.3. The van der Waals surface area contributed by atoms with E-state index < -0.39 is 41.0 Å². The quantitative estimate of drug-likeness (QED) is 0.273. The van der Waals surface area contributed by atoms with Crippen molar-refractivity contribution in [1.82, 2.24) is 15.2 Å². The molecule has 1 N–H and O–H groups in total. The second-order valence-electron chi connectivity index (χ2n) is 9.15. The molecule has 12 heteroatoms. The number of alkyl halides is 6. The summed E-state index contributed by atoms with van der Waals surface area (Å²) in [6.07, 6.45) is -7.80. The number of amides is 2. The first kappa shape index (κ1) is 30.9. The number of hydrogen-bond acceptors (Lipinski definition) is 3. The van der Waals surface area contributed by atoms with E-state index in [0.29, 0.717) is 35.7 Å². The third-order valence-corrected chi connectivity index (χ3v) is 6.47. The zero-order valence-corrected chi connectivity index (χ0v) is 22.1. The van der Waals surface area contributed by atoms with Gasteiger partial charge in [0.2, 0.25) is 5.91 Å². The van der Waals surface area contributed by atoms with E-state index >= 15 is 0 Å². The number of pyridine rings is 1. The maximum atomic E-state index is 13.3. The van der Waals surface area contributed by atoms with Gasteiger partial charge in [0.15, 0.2) is 0 Å². The van der Waals surface area contributed by atoms with Crippen molar-refractivity contribution >= 4 is 23.4 Å². The molecular formula is C28H26ClF6N3O2. The molecule has 0 spiro atoms. The number of nitrogens with one attached hydrogen (secondary N) is 1. The minimum atomic E-state index is -5.09. The number of benzene rings is 2. The Bertz CT molecular complexity index is 1270. The molecule has 1 atom stereocenters. The molecule has 3 aromatic rings. The number of rotatable bonds is 10. The molecule has 1 heterocycles. The maximum Gasteiger partial charge on any atom is 0.416 e. The monoisotopic (exact) mass is 585 g/mol. The molecule has 3 rings (SSSR count). The lowest BCUT2D eigenvalue weighted by Gasteiger charge is -2.29. The zero-order chi connectivity index (χ0) is 29.5. The molecule has 0 bridgehead atoms. The summed E-state index contributed by atoms with van der Waals surface area (Å²) >= 11 is 5.93. The smallest absolute Gasteiger partial charge is 0.356 e. The number of aromatic nitrogens is 1. The van der Waals surface area contributed by atoms with Crippen molar-refractivity contribution in [2.24, 2.45) is 0 Å². The Morgan fingerprint density at radius 1 is 0.950 bits per heavy atom. The van der Waals surface area contributed by atoms with Crippen LogP contribution >= 0.6 is 11.6 Å². The van der Waals surface area contributed by atoms with Gasteiger partial charge >= 0.3 is 12.4 Å². The summed E-state index contributed by atoms with van der Waals surface area (Å²) in [5, 5.41) is 3.21. The van der Waals surface area contributed by atoms with Gasteiger partial charge < -0.3 is 10.2 Å². The summed E-state index contributed by atoms with van der Waals surface area (Å²) in [6, 6.07) is 12.0. The molecule has 2 amide bonds. The van der Waals surface area contributed by atoms with E-state index in [-0.39, 0.29) is 31.2 Å². The summed E-state index contributed by atoms with van der Waals surface area (Å²) in [4.78, 5) is 31.0. The average Bonchev–Trinajstić information content (AvgIpc) is 2.90. The van der Waals surface area contributed by atoms with Crippen LogP contribution in [0.5, 0.6) is 0 Å². The van der Waals surface area contributed by atoms with Gasteiger partial charge in [-0.3, -0.25) is 14.6 Å². The summed E-state index contributed by atoms with van der Waals surface area (Å²) in [5.41, 5.74) is -2.43. The van der Waals surface area contributed by atoms with Gasteiger partial charge in [-0.25, -0.2) is 0 Å². The van der Waals surface area contributed by atoms with Crippen LogP contribution < -0.4 is 5.32 Å². The fourth-order valence-corrected chi connectivity index (χ4v) is 4.16. The van der Waals surface area contributed by atoms with Crippen LogP contribution in [0.15, 0.2) is 66.9 Å². The minimum absolute atomic E-state index is 0.0305. The second kappa shape index (κ2) is 13.2. The lowest BCUT2D eigenvalue weighted by atomic mass is 9.98. The van der Waals surface area contributed by atoms with E-state index in [1.54, 1.807) is 36.5 Å². The predicted octanol–water partition coefficient (Wildman–Crippen LogP) is 6.60. The van der Waals surface area contributed by atoms with Crippen molar-refractivity contribution in [2.45, 2.75) is 44.1 Å². The van der Waals surface area contributed by atoms with Gasteiger partial charge in [-0.1, -0.05) is 29.8 Å². The Kier molecular flexibility index (Phi) is 10.2. The highest BCUT2D eigenvalue weighted by Gasteiger charge is 2.38. The molecule has 0 aliphatic heterocycles. The van der Waals surface area contributed by atoms with Gasteiger partial charge in [-0.05, 0) is 60.9 Å². The lowest BCUT2D eigenvalue weighted by Crippen LogP contribution is -2.40. The highest BCUT2D eigenvalue weighted by atomic mass is 35.5. The third kappa shape index (κ3) is 8.97. The van der Waals surface area contributed by atoms with Crippen molar-refractivity contribution in [1.29, 1.82) is 0 Å². The van der Waals surface area contributed by atoms with Gasteiger partial charge in [0.25, 0.3) is 5.91 Å². The molecule has 5 nitrogen and oxygen atoms in total. The average molecular weight is 586 g/mol. The van der Waals surface area contributed by atoms with Crippen molar-refractivity contribution in [3.05, 3.63) is 99.8 Å². The first-order chi connectivity index (χ1) is 18.7. The number of halogens is 7. The molecule has 0 saturated carbocycles. The first-order valence-corrected chi connectivity index (χ1v) is 12.6. The van der Waals surface area contributed by atoms with Crippen LogP contribution in [0.2, 0.25) is 5.02 Å². The van der Waals surface area contributed by atoms with Crippen LogP contribution in [0.4, 0.5) is 26.3 Å². The van der Waals surface area contributed by atoms with Crippen LogP contribution in [0.25, 0.3) is 0 Å². The Morgan fingerprint density at radius 2 is 1.57 bits per heavy atom. The number of likely N-dealkylation sites (N-methyl/N-ethyl adjacent to an activating group) is 1. The highest BCUT2D eigenvalue weighted by Crippen LogP contribution is 2.36. The van der Waals surface area contributed by atoms with Crippen molar-refractivity contribution in [3.8, 4) is 0 Å². The maximum absolute atomic E-state index is 13.3.